The van der Waals surface area contributed by atoms with Crippen molar-refractivity contribution in [2.24, 2.45) is 11.7 Å². The van der Waals surface area contributed by atoms with Crippen molar-refractivity contribution in [3.63, 3.8) is 0 Å². The Hall–Kier alpha value is -0.220. The summed E-state index contributed by atoms with van der Waals surface area (Å²) >= 11 is 2.13. The normalized spacial score (nSPS) is 32.6. The van der Waals surface area contributed by atoms with Crippen LogP contribution in [0.1, 0.15) is 57.8 Å². The summed E-state index contributed by atoms with van der Waals surface area (Å²) in [4.78, 5) is 11.8. The molecule has 19 heavy (non-hydrogen) atoms. The molecule has 2 rings (SSSR count). The zero-order chi connectivity index (χ0) is 13.7. The second-order valence-electron chi connectivity index (χ2n) is 6.09. The average Bonchev–Trinajstić information content (AvgIpc) is 2.84. The number of hydrogen-bond acceptors (Lipinski definition) is 3. The van der Waals surface area contributed by atoms with Crippen LogP contribution in [0.15, 0.2) is 0 Å². The van der Waals surface area contributed by atoms with Gasteiger partial charge in [-0.3, -0.25) is 4.79 Å². The minimum Gasteiger partial charge on any atom is -0.368 e. The lowest BCUT2D eigenvalue weighted by molar-refractivity contribution is -0.125. The quantitative estimate of drug-likeness (QED) is 0.788. The number of carbonyl (C=O) groups is 1. The average molecular weight is 284 g/mol. The van der Waals surface area contributed by atoms with Crippen LogP contribution in [0.5, 0.6) is 0 Å². The summed E-state index contributed by atoms with van der Waals surface area (Å²) in [5.74, 6) is 1.47. The molecular formula is C15H28N2OS. The Morgan fingerprint density at radius 1 is 1.26 bits per heavy atom. The van der Waals surface area contributed by atoms with E-state index in [1.54, 1.807) is 0 Å². The highest BCUT2D eigenvalue weighted by Gasteiger charge is 2.46. The van der Waals surface area contributed by atoms with Crippen molar-refractivity contribution in [2.75, 3.05) is 12.8 Å². The van der Waals surface area contributed by atoms with Gasteiger partial charge in [-0.05, 0) is 50.8 Å². The molecule has 1 amide bonds. The summed E-state index contributed by atoms with van der Waals surface area (Å²) in [7, 11) is 1.89. The van der Waals surface area contributed by atoms with E-state index in [1.165, 1.54) is 37.9 Å². The van der Waals surface area contributed by atoms with E-state index in [9.17, 15) is 4.79 Å². The largest absolute Gasteiger partial charge is 0.368 e. The van der Waals surface area contributed by atoms with E-state index in [0.29, 0.717) is 5.92 Å². The fourth-order valence-corrected chi connectivity index (χ4v) is 5.27. The first-order valence-corrected chi connectivity index (χ1v) is 8.84. The molecule has 2 aliphatic carbocycles. The molecule has 2 aliphatic rings. The number of carbonyl (C=O) groups excluding carboxylic acids is 1. The maximum absolute atomic E-state index is 11.8. The van der Waals surface area contributed by atoms with Gasteiger partial charge in [0.1, 0.15) is 5.54 Å². The van der Waals surface area contributed by atoms with Crippen molar-refractivity contribution in [3.05, 3.63) is 0 Å². The molecule has 0 saturated heterocycles. The lowest BCUT2D eigenvalue weighted by Crippen LogP contribution is -2.56. The van der Waals surface area contributed by atoms with Gasteiger partial charge in [0.05, 0.1) is 0 Å². The molecule has 2 fully saturated rings. The maximum atomic E-state index is 11.8. The lowest BCUT2D eigenvalue weighted by Gasteiger charge is -2.32. The number of rotatable bonds is 6. The SMILES string of the molecule is CNC1(C(N)=O)CCCC1CCSC1CCCCC1. The second kappa shape index (κ2) is 6.98. The standard InChI is InChI=1S/C15H28N2OS/c1-17-15(14(16)18)10-5-6-12(15)9-11-19-13-7-3-2-4-8-13/h12-13,17H,2-11H2,1H3,(H2,16,18). The molecule has 0 aromatic rings. The van der Waals surface area contributed by atoms with Crippen LogP contribution in [0.2, 0.25) is 0 Å². The maximum Gasteiger partial charge on any atom is 0.238 e. The molecule has 0 spiro atoms. The molecule has 0 heterocycles. The van der Waals surface area contributed by atoms with Crippen LogP contribution >= 0.6 is 11.8 Å². The Morgan fingerprint density at radius 3 is 2.63 bits per heavy atom. The van der Waals surface area contributed by atoms with Gasteiger partial charge in [0.15, 0.2) is 0 Å². The molecule has 3 nitrogen and oxygen atoms in total. The highest BCUT2D eigenvalue weighted by Crippen LogP contribution is 2.39. The van der Waals surface area contributed by atoms with Crippen LogP contribution in [0.3, 0.4) is 0 Å². The number of nitrogens with two attached hydrogens (primary N) is 1. The lowest BCUT2D eigenvalue weighted by atomic mass is 9.84. The zero-order valence-electron chi connectivity index (χ0n) is 12.1. The molecule has 0 aromatic heterocycles. The molecule has 0 radical (unpaired) electrons. The van der Waals surface area contributed by atoms with Crippen LogP contribution in [-0.2, 0) is 4.79 Å². The summed E-state index contributed by atoms with van der Waals surface area (Å²) in [6, 6.07) is 0. The number of hydrogen-bond donors (Lipinski definition) is 2. The molecule has 0 bridgehead atoms. The first-order chi connectivity index (χ1) is 9.19. The highest BCUT2D eigenvalue weighted by molar-refractivity contribution is 7.99. The molecular weight excluding hydrogens is 256 g/mol. The van der Waals surface area contributed by atoms with Gasteiger partial charge in [-0.15, -0.1) is 0 Å². The van der Waals surface area contributed by atoms with Crippen molar-refractivity contribution >= 4 is 17.7 Å². The molecule has 3 N–H and O–H groups in total. The van der Waals surface area contributed by atoms with Crippen molar-refractivity contribution in [1.29, 1.82) is 0 Å². The van der Waals surface area contributed by atoms with Gasteiger partial charge in [0.2, 0.25) is 5.91 Å². The molecule has 0 aromatic carbocycles. The van der Waals surface area contributed by atoms with Gasteiger partial charge in [0.25, 0.3) is 0 Å². The first kappa shape index (κ1) is 15.2. The molecule has 2 saturated carbocycles. The van der Waals surface area contributed by atoms with Gasteiger partial charge >= 0.3 is 0 Å². The third-order valence-electron chi connectivity index (χ3n) is 5.08. The summed E-state index contributed by atoms with van der Waals surface area (Å²) in [5, 5.41) is 4.10. The third-order valence-corrected chi connectivity index (χ3v) is 6.49. The Bertz CT molecular complexity index is 305. The van der Waals surface area contributed by atoms with Gasteiger partial charge in [-0.2, -0.15) is 11.8 Å². The Morgan fingerprint density at radius 2 is 2.00 bits per heavy atom. The molecule has 0 aliphatic heterocycles. The number of amides is 1. The Labute approximate surface area is 121 Å². The van der Waals surface area contributed by atoms with Crippen molar-refractivity contribution < 1.29 is 4.79 Å². The fraction of sp³-hybridized carbons (Fsp3) is 0.933. The van der Waals surface area contributed by atoms with Crippen molar-refractivity contribution in [3.8, 4) is 0 Å². The van der Waals surface area contributed by atoms with Crippen molar-refractivity contribution in [1.82, 2.24) is 5.32 Å². The summed E-state index contributed by atoms with van der Waals surface area (Å²) in [6.45, 7) is 0. The number of nitrogens with one attached hydrogen (secondary N) is 1. The van der Waals surface area contributed by atoms with E-state index in [1.807, 2.05) is 7.05 Å². The topological polar surface area (TPSA) is 55.1 Å². The third kappa shape index (κ3) is 3.46. The Balaban J connectivity index is 1.79. The van der Waals surface area contributed by atoms with Crippen LogP contribution in [0, 0.1) is 5.92 Å². The molecule has 2 atom stereocenters. The highest BCUT2D eigenvalue weighted by atomic mass is 32.2. The van der Waals surface area contributed by atoms with E-state index in [0.717, 1.165) is 30.9 Å². The van der Waals surface area contributed by atoms with Gasteiger partial charge in [0, 0.05) is 5.25 Å². The van der Waals surface area contributed by atoms with E-state index >= 15 is 0 Å². The predicted octanol–water partition coefficient (Wildman–Crippen LogP) is 2.69. The summed E-state index contributed by atoms with van der Waals surface area (Å²) in [6.07, 6.45) is 11.3. The summed E-state index contributed by atoms with van der Waals surface area (Å²) < 4.78 is 0. The number of primary amides is 1. The smallest absolute Gasteiger partial charge is 0.238 e. The number of thioether (sulfide) groups is 1. The minimum atomic E-state index is -0.423. The monoisotopic (exact) mass is 284 g/mol. The van der Waals surface area contributed by atoms with E-state index in [2.05, 4.69) is 17.1 Å². The van der Waals surface area contributed by atoms with Crippen LogP contribution in [0.4, 0.5) is 0 Å². The van der Waals surface area contributed by atoms with Gasteiger partial charge < -0.3 is 11.1 Å². The van der Waals surface area contributed by atoms with E-state index < -0.39 is 5.54 Å². The van der Waals surface area contributed by atoms with E-state index in [4.69, 9.17) is 5.73 Å². The van der Waals surface area contributed by atoms with Crippen molar-refractivity contribution in [2.45, 2.75) is 68.6 Å². The number of likely N-dealkylation sites (N-methyl/N-ethyl adjacent to an activating group) is 1. The second-order valence-corrected chi connectivity index (χ2v) is 7.50. The zero-order valence-corrected chi connectivity index (χ0v) is 12.9. The first-order valence-electron chi connectivity index (χ1n) is 7.79. The van der Waals surface area contributed by atoms with Gasteiger partial charge in [-0.25, -0.2) is 0 Å². The molecule has 2 unspecified atom stereocenters. The summed E-state index contributed by atoms with van der Waals surface area (Å²) in [5.41, 5.74) is 5.22. The van der Waals surface area contributed by atoms with Crippen LogP contribution in [-0.4, -0.2) is 29.5 Å². The minimum absolute atomic E-state index is 0.153. The van der Waals surface area contributed by atoms with Gasteiger partial charge in [-0.1, -0.05) is 25.7 Å². The van der Waals surface area contributed by atoms with Crippen LogP contribution in [0.25, 0.3) is 0 Å². The van der Waals surface area contributed by atoms with Crippen LogP contribution < -0.4 is 11.1 Å². The predicted molar refractivity (Wildman–Crippen MR) is 82.3 cm³/mol. The Kier molecular flexibility index (Phi) is 5.58. The molecule has 4 heteroatoms. The fourth-order valence-electron chi connectivity index (χ4n) is 3.85. The molecule has 110 valence electrons. The van der Waals surface area contributed by atoms with E-state index in [-0.39, 0.29) is 5.91 Å².